The van der Waals surface area contributed by atoms with Crippen molar-refractivity contribution >= 4 is 29.1 Å². The average Bonchev–Trinajstić information content (AvgIpc) is 3.07. The lowest BCUT2D eigenvalue weighted by atomic mass is 10.3. The number of aromatic nitrogens is 2. The molecule has 2 heterocycles. The zero-order chi connectivity index (χ0) is 15.5. The number of guanidine groups is 1. The summed E-state index contributed by atoms with van der Waals surface area (Å²) in [6.07, 6.45) is 5.63. The predicted octanol–water partition coefficient (Wildman–Crippen LogP) is 2.43. The molecule has 118 valence electrons. The quantitative estimate of drug-likeness (QED) is 0.336. The Balaban J connectivity index is 1.55. The molecular weight excluding hydrogens is 314 g/mol. The van der Waals surface area contributed by atoms with Gasteiger partial charge >= 0.3 is 0 Å². The first-order chi connectivity index (χ1) is 10.9. The highest BCUT2D eigenvalue weighted by Crippen LogP contribution is 2.20. The maximum absolute atomic E-state index is 4.30. The van der Waals surface area contributed by atoms with Gasteiger partial charge in [-0.1, -0.05) is 17.8 Å². The summed E-state index contributed by atoms with van der Waals surface area (Å²) in [7, 11) is 1.79. The molecule has 0 aliphatic heterocycles. The Bertz CT molecular complexity index is 542. The van der Waals surface area contributed by atoms with Crippen molar-refractivity contribution in [1.29, 1.82) is 0 Å². The Labute approximate surface area is 139 Å². The molecule has 0 atom stereocenters. The van der Waals surface area contributed by atoms with Crippen LogP contribution in [0.25, 0.3) is 0 Å². The molecule has 22 heavy (non-hydrogen) atoms. The van der Waals surface area contributed by atoms with Crippen LogP contribution >= 0.6 is 23.1 Å². The molecule has 5 nitrogen and oxygen atoms in total. The highest BCUT2D eigenvalue weighted by molar-refractivity contribution is 8.00. The number of nitrogens with zero attached hydrogens (tertiary/aromatic N) is 3. The van der Waals surface area contributed by atoms with Crippen LogP contribution in [-0.4, -0.2) is 41.8 Å². The number of nitrogens with one attached hydrogen (secondary N) is 2. The molecule has 0 unspecified atom stereocenters. The molecule has 0 radical (unpaired) electrons. The first-order valence-corrected chi connectivity index (χ1v) is 9.11. The lowest BCUT2D eigenvalue weighted by molar-refractivity contribution is 0.770. The minimum Gasteiger partial charge on any atom is -0.356 e. The van der Waals surface area contributed by atoms with E-state index in [4.69, 9.17) is 0 Å². The summed E-state index contributed by atoms with van der Waals surface area (Å²) in [6.45, 7) is 1.73. The molecule has 0 saturated heterocycles. The van der Waals surface area contributed by atoms with E-state index in [0.29, 0.717) is 0 Å². The van der Waals surface area contributed by atoms with E-state index in [0.717, 1.165) is 47.7 Å². The molecule has 0 saturated carbocycles. The van der Waals surface area contributed by atoms with E-state index in [1.54, 1.807) is 30.1 Å². The lowest BCUT2D eigenvalue weighted by Gasteiger charge is -2.11. The van der Waals surface area contributed by atoms with E-state index in [1.165, 1.54) is 0 Å². The Hall–Kier alpha value is -1.60. The molecule has 0 fully saturated rings. The van der Waals surface area contributed by atoms with Crippen LogP contribution in [0, 0.1) is 0 Å². The van der Waals surface area contributed by atoms with Gasteiger partial charge in [-0.25, -0.2) is 4.98 Å². The van der Waals surface area contributed by atoms with Gasteiger partial charge in [0.05, 0.1) is 0 Å². The number of hydrogen-bond acceptors (Lipinski definition) is 5. The fourth-order valence-electron chi connectivity index (χ4n) is 1.80. The van der Waals surface area contributed by atoms with Crippen molar-refractivity contribution < 1.29 is 0 Å². The summed E-state index contributed by atoms with van der Waals surface area (Å²) >= 11 is 3.49. The van der Waals surface area contributed by atoms with Gasteiger partial charge in [0.25, 0.3) is 0 Å². The van der Waals surface area contributed by atoms with Gasteiger partial charge in [-0.05, 0) is 18.6 Å². The third-order valence-electron chi connectivity index (χ3n) is 2.87. The Morgan fingerprint density at radius 3 is 2.86 bits per heavy atom. The summed E-state index contributed by atoms with van der Waals surface area (Å²) in [5.74, 6) is 1.90. The van der Waals surface area contributed by atoms with E-state index in [2.05, 4.69) is 25.6 Å². The molecule has 2 aromatic heterocycles. The number of rotatable bonds is 8. The van der Waals surface area contributed by atoms with Crippen molar-refractivity contribution in [3.63, 3.8) is 0 Å². The number of thioether (sulfide) groups is 1. The standard InChI is InChI=1S/C15H21N5S2/c1-16-14(19-9-6-13-5-2-3-7-17-13)18-8-4-11-21-15-20-10-12-22-15/h2-3,5,7,10,12H,4,6,8-9,11H2,1H3,(H2,16,18,19). The van der Waals surface area contributed by atoms with Crippen LogP contribution in [0.1, 0.15) is 12.1 Å². The summed E-state index contributed by atoms with van der Waals surface area (Å²) < 4.78 is 1.14. The second-order valence-corrected chi connectivity index (χ2v) is 6.73. The molecular formula is C15H21N5S2. The van der Waals surface area contributed by atoms with Crippen LogP contribution in [0.2, 0.25) is 0 Å². The predicted molar refractivity (Wildman–Crippen MR) is 94.8 cm³/mol. The van der Waals surface area contributed by atoms with Crippen LogP contribution in [0.5, 0.6) is 0 Å². The maximum Gasteiger partial charge on any atom is 0.190 e. The Morgan fingerprint density at radius 2 is 2.14 bits per heavy atom. The Morgan fingerprint density at radius 1 is 1.23 bits per heavy atom. The summed E-state index contributed by atoms with van der Waals surface area (Å²) in [4.78, 5) is 12.8. The van der Waals surface area contributed by atoms with Crippen molar-refractivity contribution in [2.45, 2.75) is 17.2 Å². The van der Waals surface area contributed by atoms with Gasteiger partial charge in [-0.2, -0.15) is 0 Å². The molecule has 0 aromatic carbocycles. The Kier molecular flexibility index (Phi) is 7.76. The normalized spacial score (nSPS) is 11.4. The first kappa shape index (κ1) is 16.8. The second-order valence-electron chi connectivity index (χ2n) is 4.50. The van der Waals surface area contributed by atoms with Gasteiger partial charge in [0.15, 0.2) is 5.96 Å². The minimum absolute atomic E-state index is 0.824. The largest absolute Gasteiger partial charge is 0.356 e. The molecule has 2 N–H and O–H groups in total. The molecule has 0 aliphatic rings. The van der Waals surface area contributed by atoms with Crippen molar-refractivity contribution in [3.05, 3.63) is 41.7 Å². The van der Waals surface area contributed by atoms with E-state index in [9.17, 15) is 0 Å². The number of thiazole rings is 1. The van der Waals surface area contributed by atoms with Gasteiger partial charge in [-0.3, -0.25) is 9.98 Å². The second kappa shape index (κ2) is 10.2. The summed E-state index contributed by atoms with van der Waals surface area (Å²) in [6, 6.07) is 5.98. The molecule has 2 aromatic rings. The fourth-order valence-corrected chi connectivity index (χ4v) is 3.44. The van der Waals surface area contributed by atoms with E-state index in [-0.39, 0.29) is 0 Å². The van der Waals surface area contributed by atoms with Gasteiger partial charge < -0.3 is 10.6 Å². The smallest absolute Gasteiger partial charge is 0.190 e. The third-order valence-corrected chi connectivity index (χ3v) is 4.92. The van der Waals surface area contributed by atoms with Crippen LogP contribution in [0.15, 0.2) is 45.3 Å². The van der Waals surface area contributed by atoms with Crippen molar-refractivity contribution in [2.75, 3.05) is 25.9 Å². The van der Waals surface area contributed by atoms with Gasteiger partial charge in [0, 0.05) is 55.8 Å². The summed E-state index contributed by atoms with van der Waals surface area (Å²) in [5, 5.41) is 8.64. The SMILES string of the molecule is CN=C(NCCCSc1nccs1)NCCc1ccccn1. The maximum atomic E-state index is 4.30. The lowest BCUT2D eigenvalue weighted by Crippen LogP contribution is -2.38. The van der Waals surface area contributed by atoms with Gasteiger partial charge in [0.1, 0.15) is 4.34 Å². The average molecular weight is 336 g/mol. The topological polar surface area (TPSA) is 62.2 Å². The number of hydrogen-bond donors (Lipinski definition) is 2. The first-order valence-electron chi connectivity index (χ1n) is 7.25. The zero-order valence-corrected chi connectivity index (χ0v) is 14.3. The number of aliphatic imine (C=N–C) groups is 1. The minimum atomic E-state index is 0.824. The van der Waals surface area contributed by atoms with Gasteiger partial charge in [0.2, 0.25) is 0 Å². The number of pyridine rings is 1. The van der Waals surface area contributed by atoms with E-state index < -0.39 is 0 Å². The van der Waals surface area contributed by atoms with Crippen molar-refractivity contribution in [2.24, 2.45) is 4.99 Å². The van der Waals surface area contributed by atoms with Crippen LogP contribution in [-0.2, 0) is 6.42 Å². The van der Waals surface area contributed by atoms with Gasteiger partial charge in [-0.15, -0.1) is 11.3 Å². The fraction of sp³-hybridized carbons (Fsp3) is 0.400. The van der Waals surface area contributed by atoms with Crippen molar-refractivity contribution in [1.82, 2.24) is 20.6 Å². The van der Waals surface area contributed by atoms with Crippen LogP contribution in [0.4, 0.5) is 0 Å². The highest BCUT2D eigenvalue weighted by Gasteiger charge is 1.99. The monoisotopic (exact) mass is 335 g/mol. The molecule has 2 rings (SSSR count). The summed E-state index contributed by atoms with van der Waals surface area (Å²) in [5.41, 5.74) is 1.09. The van der Waals surface area contributed by atoms with E-state index in [1.807, 2.05) is 36.0 Å². The van der Waals surface area contributed by atoms with Crippen LogP contribution < -0.4 is 10.6 Å². The molecule has 0 amide bonds. The van der Waals surface area contributed by atoms with Crippen molar-refractivity contribution in [3.8, 4) is 0 Å². The van der Waals surface area contributed by atoms with Crippen LogP contribution in [0.3, 0.4) is 0 Å². The van der Waals surface area contributed by atoms with E-state index >= 15 is 0 Å². The molecule has 0 bridgehead atoms. The zero-order valence-electron chi connectivity index (χ0n) is 12.7. The molecule has 0 aliphatic carbocycles. The third kappa shape index (κ3) is 6.44. The molecule has 7 heteroatoms. The molecule has 0 spiro atoms. The highest BCUT2D eigenvalue weighted by atomic mass is 32.2.